The second kappa shape index (κ2) is 7.23. The van der Waals surface area contributed by atoms with E-state index in [4.69, 9.17) is 0 Å². The van der Waals surface area contributed by atoms with Gasteiger partial charge in [-0.05, 0) is 36.7 Å². The highest BCUT2D eigenvalue weighted by atomic mass is 19.4. The molecule has 0 aliphatic rings. The van der Waals surface area contributed by atoms with E-state index in [1.807, 2.05) is 0 Å². The number of carbonyl (C=O) groups excluding carboxylic acids is 1. The van der Waals surface area contributed by atoms with Crippen molar-refractivity contribution < 1.29 is 27.1 Å². The molecule has 1 N–H and O–H groups in total. The highest BCUT2D eigenvalue weighted by Gasteiger charge is 2.31. The largest absolute Gasteiger partial charge is 0.469 e. The molecule has 0 spiro atoms. The molecule has 0 radical (unpaired) electrons. The van der Waals surface area contributed by atoms with E-state index >= 15 is 0 Å². The van der Waals surface area contributed by atoms with Crippen LogP contribution in [0.25, 0.3) is 0 Å². The fourth-order valence-electron chi connectivity index (χ4n) is 1.61. The minimum Gasteiger partial charge on any atom is -0.469 e. The first kappa shape index (κ1) is 16.4. The molecule has 0 aromatic heterocycles. The van der Waals surface area contributed by atoms with E-state index in [2.05, 4.69) is 10.1 Å². The Morgan fingerprint density at radius 3 is 2.60 bits per heavy atom. The van der Waals surface area contributed by atoms with Gasteiger partial charge in [0.15, 0.2) is 0 Å². The third kappa shape index (κ3) is 5.56. The van der Waals surface area contributed by atoms with Gasteiger partial charge in [-0.1, -0.05) is 0 Å². The van der Waals surface area contributed by atoms with Gasteiger partial charge in [0.1, 0.15) is 5.82 Å². The summed E-state index contributed by atoms with van der Waals surface area (Å²) < 4.78 is 55.0. The van der Waals surface area contributed by atoms with Gasteiger partial charge in [-0.25, -0.2) is 4.39 Å². The summed E-state index contributed by atoms with van der Waals surface area (Å²) in [7, 11) is 1.28. The van der Waals surface area contributed by atoms with Crippen molar-refractivity contribution in [3.05, 3.63) is 35.1 Å². The summed E-state index contributed by atoms with van der Waals surface area (Å²) in [5, 5.41) is 2.85. The van der Waals surface area contributed by atoms with Gasteiger partial charge in [-0.3, -0.25) is 4.79 Å². The Morgan fingerprint density at radius 2 is 2.00 bits per heavy atom. The van der Waals surface area contributed by atoms with Crippen LogP contribution in [0.1, 0.15) is 24.0 Å². The fraction of sp³-hybridized carbons (Fsp3) is 0.462. The third-order valence-electron chi connectivity index (χ3n) is 2.58. The van der Waals surface area contributed by atoms with Crippen LogP contribution in [0.4, 0.5) is 17.6 Å². The van der Waals surface area contributed by atoms with Crippen LogP contribution in [0.2, 0.25) is 0 Å². The van der Waals surface area contributed by atoms with Crippen molar-refractivity contribution in [3.63, 3.8) is 0 Å². The van der Waals surface area contributed by atoms with E-state index < -0.39 is 17.6 Å². The van der Waals surface area contributed by atoms with E-state index in [9.17, 15) is 22.4 Å². The number of nitrogens with one attached hydrogen (secondary N) is 1. The lowest BCUT2D eigenvalue weighted by atomic mass is 10.1. The van der Waals surface area contributed by atoms with Crippen molar-refractivity contribution in [1.82, 2.24) is 5.32 Å². The first-order valence-electron chi connectivity index (χ1n) is 5.97. The molecular formula is C13H15F4NO2. The van der Waals surface area contributed by atoms with Crippen LogP contribution in [-0.2, 0) is 22.3 Å². The van der Waals surface area contributed by atoms with E-state index in [1.165, 1.54) is 7.11 Å². The number of carbonyl (C=O) groups is 1. The smallest absolute Gasteiger partial charge is 0.416 e. The Kier molecular flexibility index (Phi) is 5.94. The third-order valence-corrected chi connectivity index (χ3v) is 2.58. The van der Waals surface area contributed by atoms with Crippen molar-refractivity contribution in [1.29, 1.82) is 0 Å². The first-order chi connectivity index (χ1) is 9.32. The minimum atomic E-state index is -4.57. The summed E-state index contributed by atoms with van der Waals surface area (Å²) in [4.78, 5) is 10.8. The topological polar surface area (TPSA) is 38.3 Å². The molecule has 20 heavy (non-hydrogen) atoms. The predicted octanol–water partition coefficient (Wildman–Crippen LogP) is 2.89. The van der Waals surface area contributed by atoms with E-state index in [-0.39, 0.29) is 24.5 Å². The summed E-state index contributed by atoms with van der Waals surface area (Å²) in [5.74, 6) is -1.27. The normalized spacial score (nSPS) is 11.4. The maximum Gasteiger partial charge on any atom is 0.416 e. The van der Waals surface area contributed by atoms with E-state index in [0.29, 0.717) is 19.0 Å². The number of hydrogen-bond acceptors (Lipinski definition) is 3. The van der Waals surface area contributed by atoms with Crippen molar-refractivity contribution in [2.75, 3.05) is 13.7 Å². The molecule has 0 saturated heterocycles. The van der Waals surface area contributed by atoms with Crippen molar-refractivity contribution >= 4 is 5.97 Å². The zero-order valence-electron chi connectivity index (χ0n) is 10.9. The van der Waals surface area contributed by atoms with Gasteiger partial charge in [-0.2, -0.15) is 13.2 Å². The minimum absolute atomic E-state index is 0.0992. The van der Waals surface area contributed by atoms with Crippen LogP contribution in [0.15, 0.2) is 18.2 Å². The summed E-state index contributed by atoms with van der Waals surface area (Å²) in [6, 6.07) is 2.40. The molecule has 0 bridgehead atoms. The summed E-state index contributed by atoms with van der Waals surface area (Å²) in [6.45, 7) is 0.523. The number of benzene rings is 1. The van der Waals surface area contributed by atoms with Gasteiger partial charge in [-0.15, -0.1) is 0 Å². The Morgan fingerprint density at radius 1 is 1.30 bits per heavy atom. The van der Waals surface area contributed by atoms with Gasteiger partial charge in [0.25, 0.3) is 0 Å². The molecule has 1 rings (SSSR count). The molecule has 0 atom stereocenters. The zero-order chi connectivity index (χ0) is 15.2. The molecule has 112 valence electrons. The Hall–Kier alpha value is -1.63. The first-order valence-corrected chi connectivity index (χ1v) is 5.97. The number of alkyl halides is 3. The molecule has 1 aromatic rings. The quantitative estimate of drug-likeness (QED) is 0.498. The standard InChI is InChI=1S/C13H15F4NO2/c1-20-12(19)3-2-4-18-8-9-5-10(13(15,16)17)7-11(14)6-9/h5-7,18H,2-4,8H2,1H3. The number of hydrogen-bond donors (Lipinski definition) is 1. The van der Waals surface area contributed by atoms with Crippen molar-refractivity contribution in [3.8, 4) is 0 Å². The monoisotopic (exact) mass is 293 g/mol. The second-order valence-corrected chi connectivity index (χ2v) is 4.20. The molecule has 3 nitrogen and oxygen atoms in total. The van der Waals surface area contributed by atoms with Crippen LogP contribution < -0.4 is 5.32 Å². The highest BCUT2D eigenvalue weighted by molar-refractivity contribution is 5.69. The van der Waals surface area contributed by atoms with Crippen molar-refractivity contribution in [2.45, 2.75) is 25.6 Å². The lowest BCUT2D eigenvalue weighted by molar-refractivity contribution is -0.140. The second-order valence-electron chi connectivity index (χ2n) is 4.20. The zero-order valence-corrected chi connectivity index (χ0v) is 10.9. The number of halogens is 4. The summed E-state index contributed by atoms with van der Waals surface area (Å²) in [5.41, 5.74) is -0.806. The van der Waals surface area contributed by atoms with E-state index in [1.54, 1.807) is 0 Å². The molecular weight excluding hydrogens is 278 g/mol. The van der Waals surface area contributed by atoms with Crippen LogP contribution in [0, 0.1) is 5.82 Å². The number of rotatable bonds is 6. The van der Waals surface area contributed by atoms with Crippen LogP contribution >= 0.6 is 0 Å². The number of ether oxygens (including phenoxy) is 1. The lowest BCUT2D eigenvalue weighted by Crippen LogP contribution is -2.17. The molecule has 0 unspecified atom stereocenters. The van der Waals surface area contributed by atoms with Crippen LogP contribution in [-0.4, -0.2) is 19.6 Å². The van der Waals surface area contributed by atoms with Gasteiger partial charge in [0, 0.05) is 13.0 Å². The SMILES string of the molecule is COC(=O)CCCNCc1cc(F)cc(C(F)(F)F)c1. The summed E-state index contributed by atoms with van der Waals surface area (Å²) >= 11 is 0. The maximum absolute atomic E-state index is 13.1. The lowest BCUT2D eigenvalue weighted by Gasteiger charge is -2.10. The molecule has 0 heterocycles. The molecule has 0 amide bonds. The predicted molar refractivity (Wildman–Crippen MR) is 64.4 cm³/mol. The Balaban J connectivity index is 2.48. The fourth-order valence-corrected chi connectivity index (χ4v) is 1.61. The molecule has 7 heteroatoms. The average Bonchev–Trinajstić information content (AvgIpc) is 2.36. The Bertz CT molecular complexity index is 460. The van der Waals surface area contributed by atoms with Gasteiger partial charge >= 0.3 is 12.1 Å². The van der Waals surface area contributed by atoms with Gasteiger partial charge < -0.3 is 10.1 Å². The number of methoxy groups -OCH3 is 1. The van der Waals surface area contributed by atoms with Gasteiger partial charge in [0.05, 0.1) is 12.7 Å². The van der Waals surface area contributed by atoms with Crippen LogP contribution in [0.5, 0.6) is 0 Å². The van der Waals surface area contributed by atoms with E-state index in [0.717, 1.165) is 12.1 Å². The average molecular weight is 293 g/mol. The molecule has 1 aromatic carbocycles. The Labute approximate surface area is 113 Å². The molecule has 0 aliphatic heterocycles. The molecule has 0 fully saturated rings. The van der Waals surface area contributed by atoms with Crippen molar-refractivity contribution in [2.24, 2.45) is 0 Å². The van der Waals surface area contributed by atoms with Crippen LogP contribution in [0.3, 0.4) is 0 Å². The molecule has 0 saturated carbocycles. The number of esters is 1. The van der Waals surface area contributed by atoms with Gasteiger partial charge in [0.2, 0.25) is 0 Å². The molecule has 0 aliphatic carbocycles. The highest BCUT2D eigenvalue weighted by Crippen LogP contribution is 2.30. The maximum atomic E-state index is 13.1. The summed E-state index contributed by atoms with van der Waals surface area (Å²) in [6.07, 6.45) is -3.85.